The van der Waals surface area contributed by atoms with Gasteiger partial charge in [-0.15, -0.1) is 0 Å². The van der Waals surface area contributed by atoms with Gasteiger partial charge in [0.25, 0.3) is 0 Å². The van der Waals surface area contributed by atoms with Crippen molar-refractivity contribution in [1.82, 2.24) is 0 Å². The third-order valence-electron chi connectivity index (χ3n) is 30.5. The molecule has 128 heavy (non-hydrogen) atoms. The predicted octanol–water partition coefficient (Wildman–Crippen LogP) is 32.1. The smallest absolute Gasteiger partial charge is 0.0642 e. The molecule has 0 aliphatic heterocycles. The highest BCUT2D eigenvalue weighted by molar-refractivity contribution is 6.01. The molecule has 0 radical (unpaired) electrons. The quantitative estimate of drug-likeness (QED) is 0.165. The molecule has 19 aromatic rings. The fraction of sp³-hybridized carbons (Fsp3) is 0.109. The Morgan fingerprint density at radius 3 is 0.758 bits per heavy atom. The second-order valence-electron chi connectivity index (χ2n) is 36.7. The number of fused-ring (bicyclic) bond motifs is 43. The van der Waals surface area contributed by atoms with E-state index in [2.05, 4.69) is 479 Å². The SMILES string of the molecule is CCC1(CC)c2ccccc2-c2ccc(C)cc21.Cc1ccc2c(c1)-c1ccccc1C21c2ccccc2-c2ccccc21.Cc1ccc2c(c1)C1(c3ccccc3-c3ccccc31)c1cc(-c3ccccc3)ccc1-2.Cc1ccc2c(c1)C1(c3ccccc3-c3ccccc31)c1ccccc1-2.Cc1cccc2c1-c1ccccc1C21c2ccccc2-c2ccccc21. The van der Waals surface area contributed by atoms with E-state index in [1.54, 1.807) is 0 Å². The molecule has 608 valence electrons. The van der Waals surface area contributed by atoms with E-state index in [-0.39, 0.29) is 27.1 Å². The van der Waals surface area contributed by atoms with Crippen molar-refractivity contribution in [2.24, 2.45) is 0 Å². The van der Waals surface area contributed by atoms with Crippen molar-refractivity contribution in [3.8, 4) is 111 Å². The molecule has 0 heteroatoms. The maximum Gasteiger partial charge on any atom is 0.0725 e. The van der Waals surface area contributed by atoms with Crippen molar-refractivity contribution in [3.63, 3.8) is 0 Å². The van der Waals surface area contributed by atoms with Gasteiger partial charge in [-0.1, -0.05) is 461 Å². The Balaban J connectivity index is 0.0000000900. The van der Waals surface area contributed by atoms with Crippen LogP contribution in [0.5, 0.6) is 0 Å². The summed E-state index contributed by atoms with van der Waals surface area (Å²) in [5, 5.41) is 0. The van der Waals surface area contributed by atoms with Crippen LogP contribution in [0.25, 0.3) is 111 Å². The van der Waals surface area contributed by atoms with Crippen molar-refractivity contribution in [1.29, 1.82) is 0 Å². The zero-order valence-electron chi connectivity index (χ0n) is 73.4. The van der Waals surface area contributed by atoms with Crippen LogP contribution < -0.4 is 0 Å². The zero-order valence-corrected chi connectivity index (χ0v) is 73.4. The summed E-state index contributed by atoms with van der Waals surface area (Å²) in [6.45, 7) is 15.7. The molecule has 0 atom stereocenters. The highest BCUT2D eigenvalue weighted by atomic mass is 14.6. The summed E-state index contributed by atoms with van der Waals surface area (Å²) in [7, 11) is 0. The second kappa shape index (κ2) is 29.4. The van der Waals surface area contributed by atoms with E-state index < -0.39 is 0 Å². The average molecular weight is 1630 g/mol. The highest BCUT2D eigenvalue weighted by Gasteiger charge is 2.56. The van der Waals surface area contributed by atoms with Gasteiger partial charge >= 0.3 is 0 Å². The first-order valence-corrected chi connectivity index (χ1v) is 45.9. The van der Waals surface area contributed by atoms with E-state index in [0.29, 0.717) is 0 Å². The molecular formula is C128H96. The lowest BCUT2D eigenvalue weighted by molar-refractivity contribution is 0.490. The van der Waals surface area contributed by atoms with Crippen LogP contribution in [-0.2, 0) is 27.1 Å². The molecule has 0 N–H and O–H groups in total. The van der Waals surface area contributed by atoms with Crippen LogP contribution in [0, 0.1) is 34.6 Å². The molecular weight excluding hydrogens is 1540 g/mol. The fourth-order valence-corrected chi connectivity index (χ4v) is 25.4. The molecule has 28 rings (SSSR count). The third kappa shape index (κ3) is 10.5. The molecule has 0 amide bonds. The molecule has 0 bridgehead atoms. The summed E-state index contributed by atoms with van der Waals surface area (Å²) in [4.78, 5) is 0. The van der Waals surface area contributed by atoms with Gasteiger partial charge in [0.2, 0.25) is 0 Å². The lowest BCUT2D eigenvalue weighted by Crippen LogP contribution is -2.26. The van der Waals surface area contributed by atoms with Gasteiger partial charge in [-0.2, -0.15) is 0 Å². The van der Waals surface area contributed by atoms with E-state index in [0.717, 1.165) is 0 Å². The van der Waals surface area contributed by atoms with Gasteiger partial charge in [-0.05, 0) is 271 Å². The number of hydrogen-bond acceptors (Lipinski definition) is 0. The highest BCUT2D eigenvalue weighted by Crippen LogP contribution is 2.68. The monoisotopic (exact) mass is 1630 g/mol. The van der Waals surface area contributed by atoms with E-state index in [1.165, 1.54) is 252 Å². The summed E-state index contributed by atoms with van der Waals surface area (Å²) >= 11 is 0. The topological polar surface area (TPSA) is 0 Å². The normalized spacial score (nSPS) is 14.6. The molecule has 0 saturated carbocycles. The van der Waals surface area contributed by atoms with E-state index >= 15 is 0 Å². The van der Waals surface area contributed by atoms with Crippen LogP contribution in [0.2, 0.25) is 0 Å². The van der Waals surface area contributed by atoms with Crippen LogP contribution in [0.15, 0.2) is 431 Å². The van der Waals surface area contributed by atoms with Gasteiger partial charge in [-0.3, -0.25) is 0 Å². The average Bonchev–Trinajstić information content (AvgIpc) is 1.53. The van der Waals surface area contributed by atoms with Crippen LogP contribution in [-0.4, -0.2) is 0 Å². The Morgan fingerprint density at radius 2 is 0.383 bits per heavy atom. The molecule has 0 nitrogen and oxygen atoms in total. The minimum absolute atomic E-state index is 0.188. The predicted molar refractivity (Wildman–Crippen MR) is 533 cm³/mol. The molecule has 0 fully saturated rings. The Hall–Kier alpha value is -14.8. The minimum atomic E-state index is -0.269. The number of aryl methyl sites for hydroxylation is 5. The maximum absolute atomic E-state index is 2.44. The van der Waals surface area contributed by atoms with Crippen molar-refractivity contribution < 1.29 is 0 Å². The first-order valence-electron chi connectivity index (χ1n) is 45.9. The first kappa shape index (κ1) is 76.8. The van der Waals surface area contributed by atoms with Gasteiger partial charge < -0.3 is 0 Å². The summed E-state index contributed by atoms with van der Waals surface area (Å²) in [6, 6.07) is 160. The molecule has 19 aromatic carbocycles. The maximum atomic E-state index is 2.44. The lowest BCUT2D eigenvalue weighted by Gasteiger charge is -2.31. The summed E-state index contributed by atoms with van der Waals surface area (Å²) in [5.41, 5.74) is 59.1. The Kier molecular flexibility index (Phi) is 17.6. The van der Waals surface area contributed by atoms with Gasteiger partial charge in [0.15, 0.2) is 0 Å². The summed E-state index contributed by atoms with van der Waals surface area (Å²) in [5.74, 6) is 0. The fourth-order valence-electron chi connectivity index (χ4n) is 25.4. The molecule has 4 spiro atoms. The van der Waals surface area contributed by atoms with Crippen molar-refractivity contribution in [3.05, 3.63) is 559 Å². The summed E-state index contributed by atoms with van der Waals surface area (Å²) < 4.78 is 0. The Bertz CT molecular complexity index is 7500. The Labute approximate surface area is 753 Å². The molecule has 0 saturated heterocycles. The molecule has 0 unspecified atom stereocenters. The molecule has 9 aliphatic carbocycles. The third-order valence-corrected chi connectivity index (χ3v) is 30.5. The van der Waals surface area contributed by atoms with Gasteiger partial charge in [0.05, 0.1) is 21.7 Å². The standard InChI is InChI=1S/C32H22.3C26H18.C18H20/c1-21-15-17-26-27-18-16-23(22-9-3-2-4-10-22)20-31(27)32(30(26)19-21)28-13-7-5-11-24(28)25-12-6-8-14-29(25)32;1-17-9-8-16-24-25(17)20-12-4-7-15-23(20)26(24)21-13-5-2-10-18(21)19-11-3-6-14-22(19)26;1-17-14-15-25-21(16-17)20-10-4-7-13-24(20)26(25)22-11-5-2-8-18(22)19-9-3-6-12-23(19)26;1-17-14-15-21-20-10-4-7-13-24(20)26(25(21)16-17)22-11-5-2-8-18(22)19-9-3-6-12-23(19)26;1-4-18(5-2)16-9-7-6-8-14(16)15-11-10-13(3)12-17(15)18/h2-20H,1H3;3*2-16H,1H3;6-12H,4-5H2,1-3H3. The van der Waals surface area contributed by atoms with Gasteiger partial charge in [0, 0.05) is 5.41 Å². The van der Waals surface area contributed by atoms with E-state index in [4.69, 9.17) is 0 Å². The number of hydrogen-bond donors (Lipinski definition) is 0. The molecule has 9 aliphatic rings. The van der Waals surface area contributed by atoms with Crippen LogP contribution in [0.1, 0.15) is 155 Å². The van der Waals surface area contributed by atoms with Crippen LogP contribution >= 0.6 is 0 Å². The largest absolute Gasteiger partial charge is 0.0725 e. The Morgan fingerprint density at radius 1 is 0.148 bits per heavy atom. The van der Waals surface area contributed by atoms with Crippen LogP contribution in [0.4, 0.5) is 0 Å². The summed E-state index contributed by atoms with van der Waals surface area (Å²) in [6.07, 6.45) is 2.36. The van der Waals surface area contributed by atoms with Crippen molar-refractivity contribution in [2.75, 3.05) is 0 Å². The van der Waals surface area contributed by atoms with Gasteiger partial charge in [0.1, 0.15) is 0 Å². The van der Waals surface area contributed by atoms with Crippen molar-refractivity contribution >= 4 is 0 Å². The number of benzene rings is 19. The van der Waals surface area contributed by atoms with Crippen LogP contribution in [0.3, 0.4) is 0 Å². The van der Waals surface area contributed by atoms with Gasteiger partial charge in [-0.25, -0.2) is 0 Å². The number of rotatable bonds is 3. The minimum Gasteiger partial charge on any atom is -0.0642 e. The second-order valence-corrected chi connectivity index (χ2v) is 36.7. The van der Waals surface area contributed by atoms with Crippen molar-refractivity contribution in [2.45, 2.75) is 88.4 Å². The first-order chi connectivity index (χ1) is 63.0. The molecule has 0 aromatic heterocycles. The van der Waals surface area contributed by atoms with E-state index in [9.17, 15) is 0 Å². The molecule has 0 heterocycles. The lowest BCUT2D eigenvalue weighted by atomic mass is 9.70. The van der Waals surface area contributed by atoms with E-state index in [1.807, 2.05) is 0 Å². The zero-order chi connectivity index (χ0) is 85.9.